The Kier molecular flexibility index (Phi) is 3.74. The van der Waals surface area contributed by atoms with Gasteiger partial charge in [0.15, 0.2) is 0 Å². The second-order valence-corrected chi connectivity index (χ2v) is 3.90. The fourth-order valence-electron chi connectivity index (χ4n) is 1.42. The van der Waals surface area contributed by atoms with Crippen LogP contribution in [0.3, 0.4) is 0 Å². The number of benzene rings is 1. The Morgan fingerprint density at radius 1 is 1.33 bits per heavy atom. The molecule has 0 aliphatic heterocycles. The van der Waals surface area contributed by atoms with E-state index in [-0.39, 0.29) is 23.4 Å². The second-order valence-electron chi connectivity index (χ2n) is 3.56. The van der Waals surface area contributed by atoms with Gasteiger partial charge in [-0.3, -0.25) is 4.79 Å². The number of carbonyl (C=O) groups is 1. The number of amides is 1. The highest BCUT2D eigenvalue weighted by atomic mass is 35.5. The van der Waals surface area contributed by atoms with Gasteiger partial charge in [-0.05, 0) is 23.7 Å². The number of anilines is 1. The molecule has 0 aliphatic rings. The summed E-state index contributed by atoms with van der Waals surface area (Å²) in [6.07, 6.45) is 1.51. The highest BCUT2D eigenvalue weighted by molar-refractivity contribution is 6.28. The summed E-state index contributed by atoms with van der Waals surface area (Å²) in [5.74, 6) is 0.134. The zero-order valence-electron chi connectivity index (χ0n) is 9.30. The SMILES string of the molecule is O=C(Cc1ccccc1O)Nc1ccnc(Cl)n1. The van der Waals surface area contributed by atoms with Gasteiger partial charge in [-0.2, -0.15) is 0 Å². The van der Waals surface area contributed by atoms with Crippen molar-refractivity contribution in [1.29, 1.82) is 0 Å². The van der Waals surface area contributed by atoms with Crippen molar-refractivity contribution in [2.45, 2.75) is 6.42 Å². The molecule has 0 bridgehead atoms. The smallest absolute Gasteiger partial charge is 0.230 e. The summed E-state index contributed by atoms with van der Waals surface area (Å²) in [6, 6.07) is 8.20. The quantitative estimate of drug-likeness (QED) is 0.831. The Balaban J connectivity index is 2.03. The van der Waals surface area contributed by atoms with E-state index in [9.17, 15) is 9.90 Å². The Morgan fingerprint density at radius 3 is 2.83 bits per heavy atom. The number of rotatable bonds is 3. The van der Waals surface area contributed by atoms with Crippen LogP contribution in [0.5, 0.6) is 5.75 Å². The first-order valence-electron chi connectivity index (χ1n) is 5.20. The number of para-hydroxylation sites is 1. The van der Waals surface area contributed by atoms with Crippen molar-refractivity contribution in [3.05, 3.63) is 47.4 Å². The van der Waals surface area contributed by atoms with Crippen LogP contribution in [0.4, 0.5) is 5.82 Å². The average Bonchev–Trinajstić information content (AvgIpc) is 2.32. The maximum absolute atomic E-state index is 11.7. The molecular weight excluding hydrogens is 254 g/mol. The lowest BCUT2D eigenvalue weighted by Gasteiger charge is -2.05. The summed E-state index contributed by atoms with van der Waals surface area (Å²) in [4.78, 5) is 19.3. The molecule has 1 aromatic heterocycles. The third-order valence-electron chi connectivity index (χ3n) is 2.24. The van der Waals surface area contributed by atoms with Crippen LogP contribution in [-0.2, 0) is 11.2 Å². The van der Waals surface area contributed by atoms with E-state index in [1.54, 1.807) is 18.2 Å². The lowest BCUT2D eigenvalue weighted by Crippen LogP contribution is -2.15. The number of nitrogens with zero attached hydrogens (tertiary/aromatic N) is 2. The molecule has 2 rings (SSSR count). The van der Waals surface area contributed by atoms with E-state index in [1.165, 1.54) is 18.3 Å². The number of aromatic hydroxyl groups is 1. The van der Waals surface area contributed by atoms with Gasteiger partial charge in [0.2, 0.25) is 11.2 Å². The number of nitrogens with one attached hydrogen (secondary N) is 1. The summed E-state index contributed by atoms with van der Waals surface area (Å²) < 4.78 is 0. The standard InChI is InChI=1S/C12H10ClN3O2/c13-12-14-6-5-10(16-12)15-11(18)7-8-3-1-2-4-9(8)17/h1-6,17H,7H2,(H,14,15,16,18). The minimum Gasteiger partial charge on any atom is -0.508 e. The van der Waals surface area contributed by atoms with Gasteiger partial charge in [-0.1, -0.05) is 18.2 Å². The fraction of sp³-hybridized carbons (Fsp3) is 0.0833. The Hall–Kier alpha value is -2.14. The Morgan fingerprint density at radius 2 is 2.11 bits per heavy atom. The first kappa shape index (κ1) is 12.3. The first-order chi connectivity index (χ1) is 8.65. The van der Waals surface area contributed by atoms with Crippen molar-refractivity contribution in [2.75, 3.05) is 5.32 Å². The van der Waals surface area contributed by atoms with Gasteiger partial charge in [0.25, 0.3) is 0 Å². The van der Waals surface area contributed by atoms with Crippen LogP contribution < -0.4 is 5.32 Å². The molecule has 2 N–H and O–H groups in total. The normalized spacial score (nSPS) is 10.1. The molecule has 2 aromatic rings. The molecule has 0 saturated heterocycles. The van der Waals surface area contributed by atoms with E-state index in [0.29, 0.717) is 11.4 Å². The molecule has 18 heavy (non-hydrogen) atoms. The number of aromatic nitrogens is 2. The van der Waals surface area contributed by atoms with Crippen LogP contribution in [0.1, 0.15) is 5.56 Å². The van der Waals surface area contributed by atoms with Crippen LogP contribution in [0.25, 0.3) is 0 Å². The topological polar surface area (TPSA) is 75.1 Å². The van der Waals surface area contributed by atoms with Crippen molar-refractivity contribution in [1.82, 2.24) is 9.97 Å². The number of phenols is 1. The Bertz CT molecular complexity index is 575. The van der Waals surface area contributed by atoms with Gasteiger partial charge in [0.1, 0.15) is 11.6 Å². The predicted molar refractivity (Wildman–Crippen MR) is 67.5 cm³/mol. The molecule has 5 nitrogen and oxygen atoms in total. The highest BCUT2D eigenvalue weighted by Crippen LogP contribution is 2.16. The van der Waals surface area contributed by atoms with Crippen molar-refractivity contribution >= 4 is 23.3 Å². The molecule has 0 radical (unpaired) electrons. The molecule has 1 aromatic carbocycles. The lowest BCUT2D eigenvalue weighted by atomic mass is 10.1. The van der Waals surface area contributed by atoms with Gasteiger partial charge < -0.3 is 10.4 Å². The summed E-state index contributed by atoms with van der Waals surface area (Å²) in [5, 5.41) is 12.2. The number of hydrogen-bond acceptors (Lipinski definition) is 4. The largest absolute Gasteiger partial charge is 0.508 e. The van der Waals surface area contributed by atoms with Gasteiger partial charge >= 0.3 is 0 Å². The molecule has 1 heterocycles. The monoisotopic (exact) mass is 263 g/mol. The lowest BCUT2D eigenvalue weighted by molar-refractivity contribution is -0.115. The molecule has 92 valence electrons. The third-order valence-corrected chi connectivity index (χ3v) is 2.42. The van der Waals surface area contributed by atoms with Crippen molar-refractivity contribution < 1.29 is 9.90 Å². The molecular formula is C12H10ClN3O2. The summed E-state index contributed by atoms with van der Waals surface area (Å²) in [7, 11) is 0. The van der Waals surface area contributed by atoms with Gasteiger partial charge in [-0.15, -0.1) is 0 Å². The molecule has 1 amide bonds. The molecule has 6 heteroatoms. The summed E-state index contributed by atoms with van der Waals surface area (Å²) in [5.41, 5.74) is 0.551. The first-order valence-corrected chi connectivity index (χ1v) is 5.58. The zero-order valence-corrected chi connectivity index (χ0v) is 10.1. The van der Waals surface area contributed by atoms with Crippen LogP contribution in [0, 0.1) is 0 Å². The van der Waals surface area contributed by atoms with Crippen molar-refractivity contribution in [3.8, 4) is 5.75 Å². The van der Waals surface area contributed by atoms with E-state index in [0.717, 1.165) is 0 Å². The summed E-state index contributed by atoms with van der Waals surface area (Å²) in [6.45, 7) is 0. The number of phenolic OH excluding ortho intramolecular Hbond substituents is 1. The van der Waals surface area contributed by atoms with E-state index in [2.05, 4.69) is 15.3 Å². The highest BCUT2D eigenvalue weighted by Gasteiger charge is 2.08. The maximum Gasteiger partial charge on any atom is 0.230 e. The minimum absolute atomic E-state index is 0.0638. The molecule has 0 spiro atoms. The van der Waals surface area contributed by atoms with E-state index >= 15 is 0 Å². The van der Waals surface area contributed by atoms with Gasteiger partial charge in [0, 0.05) is 11.8 Å². The average molecular weight is 264 g/mol. The number of halogens is 1. The fourth-order valence-corrected chi connectivity index (χ4v) is 1.57. The van der Waals surface area contributed by atoms with Crippen LogP contribution in [0.2, 0.25) is 5.28 Å². The minimum atomic E-state index is -0.286. The van der Waals surface area contributed by atoms with Crippen LogP contribution in [0.15, 0.2) is 36.5 Å². The molecule has 0 atom stereocenters. The van der Waals surface area contributed by atoms with Crippen molar-refractivity contribution in [2.24, 2.45) is 0 Å². The van der Waals surface area contributed by atoms with Gasteiger partial charge in [-0.25, -0.2) is 9.97 Å². The second kappa shape index (κ2) is 5.46. The Labute approximate surface area is 108 Å². The van der Waals surface area contributed by atoms with E-state index < -0.39 is 0 Å². The van der Waals surface area contributed by atoms with Crippen LogP contribution in [-0.4, -0.2) is 21.0 Å². The van der Waals surface area contributed by atoms with E-state index in [4.69, 9.17) is 11.6 Å². The van der Waals surface area contributed by atoms with Crippen LogP contribution >= 0.6 is 11.6 Å². The molecule has 0 fully saturated rings. The predicted octanol–water partition coefficient (Wildman–Crippen LogP) is 2.02. The molecule has 0 unspecified atom stereocenters. The third kappa shape index (κ3) is 3.18. The summed E-state index contributed by atoms with van der Waals surface area (Å²) >= 11 is 5.60. The number of hydrogen-bond donors (Lipinski definition) is 2. The maximum atomic E-state index is 11.7. The number of carbonyl (C=O) groups excluding carboxylic acids is 1. The zero-order chi connectivity index (χ0) is 13.0. The van der Waals surface area contributed by atoms with Crippen molar-refractivity contribution in [3.63, 3.8) is 0 Å². The van der Waals surface area contributed by atoms with Gasteiger partial charge in [0.05, 0.1) is 6.42 Å². The molecule has 0 saturated carbocycles. The molecule has 0 aliphatic carbocycles. The van der Waals surface area contributed by atoms with E-state index in [1.807, 2.05) is 0 Å².